The first-order chi connectivity index (χ1) is 8.25. The smallest absolute Gasteiger partial charge is 0.127 e. The van der Waals surface area contributed by atoms with Gasteiger partial charge in [0.2, 0.25) is 0 Å². The molecule has 0 spiro atoms. The second-order valence-electron chi connectivity index (χ2n) is 5.18. The van der Waals surface area contributed by atoms with Crippen LogP contribution in [0.5, 0.6) is 5.75 Å². The lowest BCUT2D eigenvalue weighted by atomic mass is 9.96. The molecule has 0 radical (unpaired) electrons. The molecule has 17 heavy (non-hydrogen) atoms. The topological polar surface area (TPSA) is 34.2 Å². The molecule has 1 N–H and O–H groups in total. The lowest BCUT2D eigenvalue weighted by Crippen LogP contribution is -2.26. The number of ether oxygens (including phenoxy) is 1. The quantitative estimate of drug-likeness (QED) is 0.822. The third-order valence-electron chi connectivity index (χ3n) is 3.07. The summed E-state index contributed by atoms with van der Waals surface area (Å²) < 4.78 is 5.96. The molecule has 1 aromatic rings. The Hall–Kier alpha value is -1.09. The van der Waals surface area contributed by atoms with Gasteiger partial charge in [0.1, 0.15) is 5.75 Å². The van der Waals surface area contributed by atoms with Crippen molar-refractivity contribution in [1.82, 2.24) is 10.3 Å². The monoisotopic (exact) mass is 234 g/mol. The normalized spacial score (nSPS) is 15.9. The highest BCUT2D eigenvalue weighted by Crippen LogP contribution is 2.26. The largest absolute Gasteiger partial charge is 0.490 e. The van der Waals surface area contributed by atoms with Crippen molar-refractivity contribution >= 4 is 0 Å². The summed E-state index contributed by atoms with van der Waals surface area (Å²) in [5, 5.41) is 3.43. The van der Waals surface area contributed by atoms with Crippen molar-refractivity contribution in [2.24, 2.45) is 5.92 Å². The second-order valence-corrected chi connectivity index (χ2v) is 5.18. The van der Waals surface area contributed by atoms with Gasteiger partial charge in [0.25, 0.3) is 0 Å². The van der Waals surface area contributed by atoms with Crippen molar-refractivity contribution in [3.8, 4) is 5.75 Å². The van der Waals surface area contributed by atoms with E-state index in [9.17, 15) is 0 Å². The number of aromatic nitrogens is 1. The van der Waals surface area contributed by atoms with E-state index >= 15 is 0 Å². The SMILES string of the molecule is CC(C)CNCc1cnccc1OC1CCC1. The van der Waals surface area contributed by atoms with Gasteiger partial charge in [-0.15, -0.1) is 0 Å². The zero-order valence-electron chi connectivity index (χ0n) is 10.8. The molecule has 0 saturated heterocycles. The van der Waals surface area contributed by atoms with Crippen molar-refractivity contribution in [3.63, 3.8) is 0 Å². The van der Waals surface area contributed by atoms with Gasteiger partial charge in [0, 0.05) is 24.5 Å². The summed E-state index contributed by atoms with van der Waals surface area (Å²) in [5.41, 5.74) is 1.17. The maximum Gasteiger partial charge on any atom is 0.127 e. The molecule has 3 heteroatoms. The van der Waals surface area contributed by atoms with Crippen molar-refractivity contribution in [2.45, 2.75) is 45.8 Å². The summed E-state index contributed by atoms with van der Waals surface area (Å²) in [5.74, 6) is 1.67. The molecule has 0 amide bonds. The summed E-state index contributed by atoms with van der Waals surface area (Å²) in [4.78, 5) is 4.17. The van der Waals surface area contributed by atoms with Crippen LogP contribution in [0.2, 0.25) is 0 Å². The first kappa shape index (κ1) is 12.4. The van der Waals surface area contributed by atoms with Crippen molar-refractivity contribution in [3.05, 3.63) is 24.0 Å². The standard InChI is InChI=1S/C14H22N2O/c1-11(2)8-16-10-12-9-15-7-6-14(12)17-13-4-3-5-13/h6-7,9,11,13,16H,3-5,8,10H2,1-2H3. The van der Waals surface area contributed by atoms with E-state index in [0.29, 0.717) is 12.0 Å². The fourth-order valence-electron chi connectivity index (χ4n) is 1.83. The molecular formula is C14H22N2O. The van der Waals surface area contributed by atoms with Crippen LogP contribution in [0.15, 0.2) is 18.5 Å². The third-order valence-corrected chi connectivity index (χ3v) is 3.07. The van der Waals surface area contributed by atoms with E-state index in [1.54, 1.807) is 6.20 Å². The van der Waals surface area contributed by atoms with E-state index in [1.807, 2.05) is 12.3 Å². The Labute approximate surface area is 104 Å². The molecule has 1 aliphatic carbocycles. The highest BCUT2D eigenvalue weighted by molar-refractivity contribution is 5.30. The maximum absolute atomic E-state index is 5.96. The fraction of sp³-hybridized carbons (Fsp3) is 0.643. The van der Waals surface area contributed by atoms with Crippen LogP contribution in [0.4, 0.5) is 0 Å². The van der Waals surface area contributed by atoms with Gasteiger partial charge in [-0.05, 0) is 37.8 Å². The van der Waals surface area contributed by atoms with E-state index in [-0.39, 0.29) is 0 Å². The Morgan fingerprint density at radius 2 is 2.29 bits per heavy atom. The van der Waals surface area contributed by atoms with Crippen LogP contribution in [0.3, 0.4) is 0 Å². The third kappa shape index (κ3) is 3.70. The Morgan fingerprint density at radius 1 is 1.47 bits per heavy atom. The molecule has 1 aliphatic rings. The number of nitrogens with one attached hydrogen (secondary N) is 1. The van der Waals surface area contributed by atoms with E-state index < -0.39 is 0 Å². The lowest BCUT2D eigenvalue weighted by Gasteiger charge is -2.27. The van der Waals surface area contributed by atoms with Crippen LogP contribution in [0, 0.1) is 5.92 Å². The molecule has 2 rings (SSSR count). The van der Waals surface area contributed by atoms with Crippen LogP contribution in [0.1, 0.15) is 38.7 Å². The molecule has 0 aliphatic heterocycles. The summed E-state index contributed by atoms with van der Waals surface area (Å²) in [6.45, 7) is 6.29. The van der Waals surface area contributed by atoms with Crippen LogP contribution >= 0.6 is 0 Å². The Bertz CT molecular complexity index is 348. The van der Waals surface area contributed by atoms with Gasteiger partial charge >= 0.3 is 0 Å². The number of rotatable bonds is 6. The van der Waals surface area contributed by atoms with Crippen molar-refractivity contribution in [2.75, 3.05) is 6.54 Å². The molecule has 0 unspecified atom stereocenters. The second kappa shape index (κ2) is 6.01. The van der Waals surface area contributed by atoms with E-state index in [2.05, 4.69) is 24.1 Å². The predicted octanol–water partition coefficient (Wildman–Crippen LogP) is 2.76. The van der Waals surface area contributed by atoms with Crippen molar-refractivity contribution in [1.29, 1.82) is 0 Å². The van der Waals surface area contributed by atoms with Gasteiger partial charge in [0.15, 0.2) is 0 Å². The highest BCUT2D eigenvalue weighted by atomic mass is 16.5. The predicted molar refractivity (Wildman–Crippen MR) is 69.0 cm³/mol. The van der Waals surface area contributed by atoms with Gasteiger partial charge in [-0.1, -0.05) is 13.8 Å². The maximum atomic E-state index is 5.96. The van der Waals surface area contributed by atoms with Gasteiger partial charge in [-0.3, -0.25) is 4.98 Å². The van der Waals surface area contributed by atoms with Crippen molar-refractivity contribution < 1.29 is 4.74 Å². The highest BCUT2D eigenvalue weighted by Gasteiger charge is 2.20. The molecule has 3 nitrogen and oxygen atoms in total. The van der Waals surface area contributed by atoms with Gasteiger partial charge in [-0.25, -0.2) is 0 Å². The summed E-state index contributed by atoms with van der Waals surface area (Å²) in [7, 11) is 0. The first-order valence-electron chi connectivity index (χ1n) is 6.56. The lowest BCUT2D eigenvalue weighted by molar-refractivity contribution is 0.118. The molecule has 94 valence electrons. The molecule has 1 heterocycles. The van der Waals surface area contributed by atoms with Gasteiger partial charge in [0.05, 0.1) is 6.10 Å². The summed E-state index contributed by atoms with van der Waals surface area (Å²) in [6, 6.07) is 1.98. The average Bonchev–Trinajstić information content (AvgIpc) is 2.25. The number of hydrogen-bond acceptors (Lipinski definition) is 3. The van der Waals surface area contributed by atoms with Gasteiger partial charge in [-0.2, -0.15) is 0 Å². The Balaban J connectivity index is 1.90. The van der Waals surface area contributed by atoms with Crippen LogP contribution in [0.25, 0.3) is 0 Å². The molecule has 1 saturated carbocycles. The van der Waals surface area contributed by atoms with Crippen LogP contribution in [-0.4, -0.2) is 17.6 Å². The molecular weight excluding hydrogens is 212 g/mol. The zero-order chi connectivity index (χ0) is 12.1. The molecule has 0 bridgehead atoms. The van der Waals surface area contributed by atoms with Crippen LogP contribution in [-0.2, 0) is 6.54 Å². The first-order valence-corrected chi connectivity index (χ1v) is 6.56. The van der Waals surface area contributed by atoms with E-state index in [0.717, 1.165) is 18.8 Å². The molecule has 1 fully saturated rings. The zero-order valence-corrected chi connectivity index (χ0v) is 10.8. The number of nitrogens with zero attached hydrogens (tertiary/aromatic N) is 1. The molecule has 0 aromatic carbocycles. The minimum absolute atomic E-state index is 0.432. The summed E-state index contributed by atoms with van der Waals surface area (Å²) in [6.07, 6.45) is 7.83. The Kier molecular flexibility index (Phi) is 4.37. The van der Waals surface area contributed by atoms with E-state index in [1.165, 1.54) is 24.8 Å². The van der Waals surface area contributed by atoms with Crippen LogP contribution < -0.4 is 10.1 Å². The van der Waals surface area contributed by atoms with Gasteiger partial charge < -0.3 is 10.1 Å². The number of hydrogen-bond donors (Lipinski definition) is 1. The van der Waals surface area contributed by atoms with E-state index in [4.69, 9.17) is 4.74 Å². The summed E-state index contributed by atoms with van der Waals surface area (Å²) >= 11 is 0. The number of pyridine rings is 1. The Morgan fingerprint density at radius 3 is 2.94 bits per heavy atom. The average molecular weight is 234 g/mol. The minimum Gasteiger partial charge on any atom is -0.490 e. The molecule has 0 atom stereocenters. The minimum atomic E-state index is 0.432. The molecule has 1 aromatic heterocycles. The fourth-order valence-corrected chi connectivity index (χ4v) is 1.83.